The van der Waals surface area contributed by atoms with E-state index in [2.05, 4.69) is 4.98 Å². The van der Waals surface area contributed by atoms with Gasteiger partial charge in [0.2, 0.25) is 0 Å². The Hall–Kier alpha value is -1.74. The van der Waals surface area contributed by atoms with Gasteiger partial charge >= 0.3 is 0 Å². The topological polar surface area (TPSA) is 64.3 Å². The number of aliphatic hydroxyl groups excluding tert-OH is 1. The van der Waals surface area contributed by atoms with Crippen LogP contribution in [0.25, 0.3) is 10.2 Å². The van der Waals surface area contributed by atoms with Crippen LogP contribution in [-0.2, 0) is 31.2 Å². The molecule has 8 heteroatoms. The average Bonchev–Trinajstić information content (AvgIpc) is 3.26. The van der Waals surface area contributed by atoms with Gasteiger partial charge in [0.25, 0.3) is 5.56 Å². The molecule has 1 aliphatic rings. The number of thiophene rings is 1. The smallest absolute Gasteiger partial charge is 0.262 e. The lowest BCUT2D eigenvalue weighted by molar-refractivity contribution is 0.0386. The molecule has 1 N–H and O–H groups in total. The van der Waals surface area contributed by atoms with E-state index >= 15 is 0 Å². The standard InChI is InChI=1S/C20H21FN2O3S2/c1-23-19(25)17-14-6-4-8-16(14)28-18(17)22-20(23)27-11-13(24)10-26-9-12-5-2-3-7-15(12)21/h2-3,5,7,13,24H,4,6,8-11H2,1H3/t13-/m0/s1. The highest BCUT2D eigenvalue weighted by Crippen LogP contribution is 2.35. The van der Waals surface area contributed by atoms with Crippen LogP contribution in [0, 0.1) is 5.82 Å². The lowest BCUT2D eigenvalue weighted by Gasteiger charge is -2.12. The maximum atomic E-state index is 13.6. The van der Waals surface area contributed by atoms with Crippen molar-refractivity contribution in [2.45, 2.75) is 37.1 Å². The Balaban J connectivity index is 1.38. The lowest BCUT2D eigenvalue weighted by Crippen LogP contribution is -2.22. The molecule has 0 bridgehead atoms. The molecule has 1 atom stereocenters. The summed E-state index contributed by atoms with van der Waals surface area (Å²) in [4.78, 5) is 19.5. The summed E-state index contributed by atoms with van der Waals surface area (Å²) in [5.41, 5.74) is 1.62. The molecule has 3 aromatic rings. The first-order chi connectivity index (χ1) is 13.5. The van der Waals surface area contributed by atoms with Crippen molar-refractivity contribution in [2.24, 2.45) is 7.05 Å². The number of ether oxygens (including phenoxy) is 1. The Morgan fingerprint density at radius 2 is 2.21 bits per heavy atom. The third kappa shape index (κ3) is 3.87. The molecule has 0 saturated heterocycles. The number of hydrogen-bond donors (Lipinski definition) is 1. The quantitative estimate of drug-likeness (QED) is 0.469. The van der Waals surface area contributed by atoms with Gasteiger partial charge in [-0.2, -0.15) is 0 Å². The van der Waals surface area contributed by atoms with Crippen LogP contribution in [0.15, 0.2) is 34.2 Å². The molecule has 0 saturated carbocycles. The Morgan fingerprint density at radius 3 is 3.04 bits per heavy atom. The van der Waals surface area contributed by atoms with E-state index in [1.807, 2.05) is 0 Å². The van der Waals surface area contributed by atoms with E-state index in [4.69, 9.17) is 4.74 Å². The van der Waals surface area contributed by atoms with Crippen molar-refractivity contribution in [3.63, 3.8) is 0 Å². The van der Waals surface area contributed by atoms with Crippen LogP contribution in [0.1, 0.15) is 22.4 Å². The second kappa shape index (κ2) is 8.32. The molecule has 0 unspecified atom stereocenters. The van der Waals surface area contributed by atoms with E-state index in [9.17, 15) is 14.3 Å². The summed E-state index contributed by atoms with van der Waals surface area (Å²) in [6.07, 6.45) is 2.35. The number of aromatic nitrogens is 2. The average molecular weight is 421 g/mol. The van der Waals surface area contributed by atoms with Crippen molar-refractivity contribution in [1.82, 2.24) is 9.55 Å². The van der Waals surface area contributed by atoms with Crippen molar-refractivity contribution in [3.05, 3.63) is 56.4 Å². The third-order valence-corrected chi connectivity index (χ3v) is 7.20. The van der Waals surface area contributed by atoms with Crippen molar-refractivity contribution < 1.29 is 14.2 Å². The van der Waals surface area contributed by atoms with Gasteiger partial charge in [-0.15, -0.1) is 11.3 Å². The number of hydrogen-bond acceptors (Lipinski definition) is 6. The molecular weight excluding hydrogens is 399 g/mol. The summed E-state index contributed by atoms with van der Waals surface area (Å²) in [5.74, 6) is 0.0236. The van der Waals surface area contributed by atoms with Gasteiger partial charge in [0.1, 0.15) is 10.6 Å². The summed E-state index contributed by atoms with van der Waals surface area (Å²) < 4.78 is 20.6. The maximum Gasteiger partial charge on any atom is 0.262 e. The molecule has 5 nitrogen and oxygen atoms in total. The van der Waals surface area contributed by atoms with Crippen LogP contribution in [-0.4, -0.2) is 33.1 Å². The molecule has 0 radical (unpaired) electrons. The maximum absolute atomic E-state index is 13.6. The van der Waals surface area contributed by atoms with Crippen LogP contribution in [0.5, 0.6) is 0 Å². The second-order valence-corrected chi connectivity index (χ2v) is 8.94. The van der Waals surface area contributed by atoms with E-state index in [-0.39, 0.29) is 24.6 Å². The van der Waals surface area contributed by atoms with Crippen molar-refractivity contribution in [1.29, 1.82) is 0 Å². The van der Waals surface area contributed by atoms with Crippen LogP contribution in [0.4, 0.5) is 4.39 Å². The number of halogens is 1. The number of nitrogens with zero attached hydrogens (tertiary/aromatic N) is 2. The molecule has 1 aliphatic carbocycles. The first-order valence-corrected chi connectivity index (χ1v) is 11.0. The van der Waals surface area contributed by atoms with Crippen LogP contribution >= 0.6 is 23.1 Å². The molecule has 0 amide bonds. The first kappa shape index (κ1) is 19.6. The summed E-state index contributed by atoms with van der Waals surface area (Å²) >= 11 is 2.94. The van der Waals surface area contributed by atoms with Crippen molar-refractivity contribution in [2.75, 3.05) is 12.4 Å². The van der Waals surface area contributed by atoms with Crippen LogP contribution in [0.2, 0.25) is 0 Å². The fourth-order valence-corrected chi connectivity index (χ4v) is 5.55. The Bertz CT molecular complexity index is 1060. The lowest BCUT2D eigenvalue weighted by atomic mass is 10.2. The van der Waals surface area contributed by atoms with Gasteiger partial charge in [-0.25, -0.2) is 9.37 Å². The molecule has 1 aromatic carbocycles. The van der Waals surface area contributed by atoms with E-state index < -0.39 is 6.10 Å². The van der Waals surface area contributed by atoms with E-state index in [1.165, 1.54) is 28.3 Å². The summed E-state index contributed by atoms with van der Waals surface area (Å²) in [7, 11) is 1.72. The van der Waals surface area contributed by atoms with Crippen LogP contribution < -0.4 is 5.56 Å². The zero-order valence-electron chi connectivity index (χ0n) is 15.5. The van der Waals surface area contributed by atoms with Crippen molar-refractivity contribution in [3.8, 4) is 0 Å². The first-order valence-electron chi connectivity index (χ1n) is 9.18. The van der Waals surface area contributed by atoms with Gasteiger partial charge in [-0.1, -0.05) is 30.0 Å². The normalized spacial score (nSPS) is 14.5. The van der Waals surface area contributed by atoms with Gasteiger partial charge in [0.05, 0.1) is 24.7 Å². The molecule has 148 valence electrons. The molecular formula is C20H21FN2O3S2. The molecule has 0 spiro atoms. The predicted octanol–water partition coefficient (Wildman–Crippen LogP) is 3.29. The third-order valence-electron chi connectivity index (χ3n) is 4.84. The van der Waals surface area contributed by atoms with Gasteiger partial charge < -0.3 is 9.84 Å². The monoisotopic (exact) mass is 420 g/mol. The van der Waals surface area contributed by atoms with Gasteiger partial charge in [0, 0.05) is 23.2 Å². The van der Waals surface area contributed by atoms with Gasteiger partial charge in [-0.3, -0.25) is 9.36 Å². The molecule has 0 aliphatic heterocycles. The number of benzene rings is 1. The fraction of sp³-hybridized carbons (Fsp3) is 0.400. The summed E-state index contributed by atoms with van der Waals surface area (Å²) in [6, 6.07) is 6.41. The number of aliphatic hydroxyl groups is 1. The summed E-state index contributed by atoms with van der Waals surface area (Å²) in [5, 5.41) is 11.5. The number of thioether (sulfide) groups is 1. The Morgan fingerprint density at radius 1 is 1.39 bits per heavy atom. The minimum atomic E-state index is -0.738. The fourth-order valence-electron chi connectivity index (χ4n) is 3.37. The van der Waals surface area contributed by atoms with Crippen LogP contribution in [0.3, 0.4) is 0 Å². The molecule has 28 heavy (non-hydrogen) atoms. The van der Waals surface area contributed by atoms with Crippen molar-refractivity contribution >= 4 is 33.3 Å². The molecule has 2 heterocycles. The molecule has 2 aromatic heterocycles. The van der Waals surface area contributed by atoms with Gasteiger partial charge in [-0.05, 0) is 30.9 Å². The van der Waals surface area contributed by atoms with E-state index in [0.29, 0.717) is 16.5 Å². The highest BCUT2D eigenvalue weighted by atomic mass is 32.2. The Labute approximate surface area is 170 Å². The minimum absolute atomic E-state index is 0.0165. The largest absolute Gasteiger partial charge is 0.390 e. The highest BCUT2D eigenvalue weighted by molar-refractivity contribution is 7.99. The number of fused-ring (bicyclic) bond motifs is 3. The van der Waals surface area contributed by atoms with Gasteiger partial charge in [0.15, 0.2) is 5.16 Å². The summed E-state index contributed by atoms with van der Waals surface area (Å²) in [6.45, 7) is 0.197. The zero-order chi connectivity index (χ0) is 19.7. The minimum Gasteiger partial charge on any atom is -0.390 e. The number of rotatable bonds is 7. The highest BCUT2D eigenvalue weighted by Gasteiger charge is 2.22. The van der Waals surface area contributed by atoms with E-state index in [1.54, 1.807) is 41.2 Å². The second-order valence-electron chi connectivity index (χ2n) is 6.87. The molecule has 0 fully saturated rings. The van der Waals surface area contributed by atoms with E-state index in [0.717, 1.165) is 29.5 Å². The predicted molar refractivity (Wildman–Crippen MR) is 110 cm³/mol. The SMILES string of the molecule is Cn1c(SC[C@@H](O)COCc2ccccc2F)nc2sc3c(c2c1=O)CCC3. The number of aryl methyl sites for hydroxylation is 2. The Kier molecular flexibility index (Phi) is 5.82. The molecule has 4 rings (SSSR count). The zero-order valence-corrected chi connectivity index (χ0v) is 17.1.